The van der Waals surface area contributed by atoms with Crippen molar-refractivity contribution in [3.63, 3.8) is 0 Å². The van der Waals surface area contributed by atoms with Crippen molar-refractivity contribution in [3.05, 3.63) is 54.1 Å². The average Bonchev–Trinajstić information content (AvgIpc) is 3.42. The Bertz CT molecular complexity index is 1280. The molecule has 0 spiro atoms. The summed E-state index contributed by atoms with van der Waals surface area (Å²) in [4.78, 5) is 20.8. The second-order valence-electron chi connectivity index (χ2n) is 9.23. The third-order valence-electron chi connectivity index (χ3n) is 7.17. The maximum Gasteiger partial charge on any atom is 0.222 e. The molecule has 0 aliphatic carbocycles. The van der Waals surface area contributed by atoms with Gasteiger partial charge in [0.05, 0.1) is 18.6 Å². The van der Waals surface area contributed by atoms with Crippen LogP contribution in [0, 0.1) is 0 Å². The van der Waals surface area contributed by atoms with Gasteiger partial charge < -0.3 is 14.6 Å². The van der Waals surface area contributed by atoms with E-state index in [1.807, 2.05) is 41.3 Å². The smallest absolute Gasteiger partial charge is 0.222 e. The highest BCUT2D eigenvalue weighted by atomic mass is 32.2. The maximum absolute atomic E-state index is 13.1. The monoisotopic (exact) mass is 481 g/mol. The van der Waals surface area contributed by atoms with Crippen LogP contribution in [0.2, 0.25) is 0 Å². The van der Waals surface area contributed by atoms with Crippen molar-refractivity contribution in [1.82, 2.24) is 14.8 Å². The number of rotatable bonds is 6. The fourth-order valence-corrected chi connectivity index (χ4v) is 7.02. The zero-order valence-electron chi connectivity index (χ0n) is 19.5. The minimum atomic E-state index is -2.89. The Morgan fingerprint density at radius 3 is 2.47 bits per heavy atom. The van der Waals surface area contributed by atoms with Gasteiger partial charge in [0, 0.05) is 55.2 Å². The third-order valence-corrected chi connectivity index (χ3v) is 8.92. The number of nitrogens with one attached hydrogen (secondary N) is 1. The highest BCUT2D eigenvalue weighted by Crippen LogP contribution is 2.32. The van der Waals surface area contributed by atoms with Gasteiger partial charge in [0.25, 0.3) is 0 Å². The number of amides is 1. The highest BCUT2D eigenvalue weighted by molar-refractivity contribution is 7.91. The summed E-state index contributed by atoms with van der Waals surface area (Å²) in [6.45, 7) is 2.81. The number of piperazine rings is 1. The van der Waals surface area contributed by atoms with Crippen molar-refractivity contribution in [2.45, 2.75) is 25.3 Å². The van der Waals surface area contributed by atoms with E-state index in [-0.39, 0.29) is 23.5 Å². The Morgan fingerprint density at radius 2 is 1.79 bits per heavy atom. The molecular formula is C26H31N3O4S. The molecule has 180 valence electrons. The minimum absolute atomic E-state index is 0.112. The lowest BCUT2D eigenvalue weighted by molar-refractivity contribution is -0.133. The Kier molecular flexibility index (Phi) is 6.36. The van der Waals surface area contributed by atoms with E-state index in [4.69, 9.17) is 4.74 Å². The van der Waals surface area contributed by atoms with Gasteiger partial charge in [-0.1, -0.05) is 18.2 Å². The van der Waals surface area contributed by atoms with Gasteiger partial charge in [-0.15, -0.1) is 0 Å². The number of aromatic amines is 1. The van der Waals surface area contributed by atoms with Crippen LogP contribution >= 0.6 is 0 Å². The summed E-state index contributed by atoms with van der Waals surface area (Å²) in [5.74, 6) is 1.52. The molecule has 34 heavy (non-hydrogen) atoms. The maximum atomic E-state index is 13.1. The Balaban J connectivity index is 1.26. The van der Waals surface area contributed by atoms with Gasteiger partial charge >= 0.3 is 0 Å². The summed E-state index contributed by atoms with van der Waals surface area (Å²) in [5.41, 5.74) is 4.34. The van der Waals surface area contributed by atoms with E-state index in [0.717, 1.165) is 46.6 Å². The molecule has 0 radical (unpaired) electrons. The van der Waals surface area contributed by atoms with Crippen molar-refractivity contribution < 1.29 is 17.9 Å². The quantitative estimate of drug-likeness (QED) is 0.585. The first-order chi connectivity index (χ1) is 16.4. The zero-order valence-corrected chi connectivity index (χ0v) is 20.3. The molecule has 2 aromatic carbocycles. The van der Waals surface area contributed by atoms with Gasteiger partial charge in [0.2, 0.25) is 5.91 Å². The molecule has 3 aromatic rings. The average molecular weight is 482 g/mol. The molecule has 0 bridgehead atoms. The summed E-state index contributed by atoms with van der Waals surface area (Å²) in [6.07, 6.45) is 1.82. The van der Waals surface area contributed by atoms with Crippen molar-refractivity contribution in [3.8, 4) is 17.0 Å². The number of aromatic nitrogens is 1. The number of aryl methyl sites for hydroxylation is 1. The molecule has 0 saturated carbocycles. The van der Waals surface area contributed by atoms with Gasteiger partial charge in [-0.3, -0.25) is 9.69 Å². The molecule has 7 nitrogen and oxygen atoms in total. The predicted molar refractivity (Wildman–Crippen MR) is 134 cm³/mol. The lowest BCUT2D eigenvalue weighted by Gasteiger charge is -2.37. The number of methoxy groups -OCH3 is 1. The molecule has 5 rings (SSSR count). The van der Waals surface area contributed by atoms with E-state index in [1.54, 1.807) is 7.11 Å². The van der Waals surface area contributed by atoms with Gasteiger partial charge in [0.1, 0.15) is 5.75 Å². The van der Waals surface area contributed by atoms with E-state index >= 15 is 0 Å². The summed E-state index contributed by atoms with van der Waals surface area (Å²) in [5, 5.41) is 1.15. The number of carbonyl (C=O) groups excluding carboxylic acids is 1. The van der Waals surface area contributed by atoms with E-state index < -0.39 is 9.84 Å². The van der Waals surface area contributed by atoms with Crippen LogP contribution in [0.1, 0.15) is 18.4 Å². The van der Waals surface area contributed by atoms with E-state index in [2.05, 4.69) is 22.0 Å². The van der Waals surface area contributed by atoms with Crippen LogP contribution < -0.4 is 4.74 Å². The number of para-hydroxylation sites is 1. The lowest BCUT2D eigenvalue weighted by Crippen LogP contribution is -2.52. The second-order valence-corrected chi connectivity index (χ2v) is 11.5. The second kappa shape index (κ2) is 9.43. The fraction of sp³-hybridized carbons (Fsp3) is 0.423. The van der Waals surface area contributed by atoms with E-state index in [9.17, 15) is 13.2 Å². The summed E-state index contributed by atoms with van der Waals surface area (Å²) in [7, 11) is -1.23. The molecule has 8 heteroatoms. The molecule has 2 aliphatic rings. The van der Waals surface area contributed by atoms with Crippen molar-refractivity contribution >= 4 is 26.6 Å². The van der Waals surface area contributed by atoms with E-state index in [0.29, 0.717) is 32.4 Å². The number of nitrogens with zero attached hydrogens (tertiary/aromatic N) is 2. The van der Waals surface area contributed by atoms with Gasteiger partial charge in [-0.2, -0.15) is 0 Å². The summed E-state index contributed by atoms with van der Waals surface area (Å²) in [6, 6.07) is 16.3. The molecule has 1 N–H and O–H groups in total. The number of hydrogen-bond donors (Lipinski definition) is 1. The number of ether oxygens (including phenoxy) is 1. The van der Waals surface area contributed by atoms with Gasteiger partial charge in [0.15, 0.2) is 9.84 Å². The van der Waals surface area contributed by atoms with Crippen LogP contribution in [0.4, 0.5) is 0 Å². The molecule has 2 saturated heterocycles. The molecular weight excluding hydrogens is 450 g/mol. The topological polar surface area (TPSA) is 82.7 Å². The Morgan fingerprint density at radius 1 is 1.06 bits per heavy atom. The molecule has 3 heterocycles. The van der Waals surface area contributed by atoms with Gasteiger partial charge in [-0.25, -0.2) is 8.42 Å². The number of sulfone groups is 1. The van der Waals surface area contributed by atoms with Gasteiger partial charge in [-0.05, 0) is 54.3 Å². The highest BCUT2D eigenvalue weighted by Gasteiger charge is 2.34. The predicted octanol–water partition coefficient (Wildman–Crippen LogP) is 3.11. The molecule has 1 atom stereocenters. The van der Waals surface area contributed by atoms with Crippen molar-refractivity contribution in [2.24, 2.45) is 0 Å². The molecule has 0 unspecified atom stereocenters. The van der Waals surface area contributed by atoms with Crippen LogP contribution in [0.25, 0.3) is 22.2 Å². The Hall–Kier alpha value is -2.84. The van der Waals surface area contributed by atoms with E-state index in [1.165, 1.54) is 0 Å². The van der Waals surface area contributed by atoms with Crippen LogP contribution in [-0.4, -0.2) is 79.9 Å². The molecule has 2 aliphatic heterocycles. The number of carbonyl (C=O) groups is 1. The van der Waals surface area contributed by atoms with Crippen LogP contribution in [0.3, 0.4) is 0 Å². The van der Waals surface area contributed by atoms with Crippen LogP contribution in [0.5, 0.6) is 5.75 Å². The minimum Gasteiger partial charge on any atom is -0.497 e. The standard InChI is InChI=1S/C26H31N3O4S/c1-33-21-8-6-19(7-9-21)26-23(22-4-2-3-5-24(22)27-26)10-11-25(30)29-15-13-28(14-16-29)20-12-17-34(31,32)18-20/h2-9,20,27H,10-18H2,1H3/t20-/m0/s1. The third kappa shape index (κ3) is 4.70. The number of benzene rings is 2. The normalized spacial score (nSPS) is 20.6. The first-order valence-electron chi connectivity index (χ1n) is 11.9. The Labute approximate surface area is 200 Å². The lowest BCUT2D eigenvalue weighted by atomic mass is 10.0. The largest absolute Gasteiger partial charge is 0.497 e. The zero-order chi connectivity index (χ0) is 23.7. The number of H-pyrrole nitrogens is 1. The SMILES string of the molecule is COc1ccc(-c2[nH]c3ccccc3c2CCC(=O)N2CCN([C@H]3CCS(=O)(=O)C3)CC2)cc1. The molecule has 2 fully saturated rings. The first-order valence-corrected chi connectivity index (χ1v) is 13.7. The van der Waals surface area contributed by atoms with Crippen molar-refractivity contribution in [1.29, 1.82) is 0 Å². The summed E-state index contributed by atoms with van der Waals surface area (Å²) >= 11 is 0. The first kappa shape index (κ1) is 22.9. The van der Waals surface area contributed by atoms with Crippen LogP contribution in [-0.2, 0) is 21.1 Å². The number of hydrogen-bond acceptors (Lipinski definition) is 5. The molecule has 1 aromatic heterocycles. The van der Waals surface area contributed by atoms with Crippen LogP contribution in [0.15, 0.2) is 48.5 Å². The fourth-order valence-electron chi connectivity index (χ4n) is 5.25. The molecule has 1 amide bonds. The number of fused-ring (bicyclic) bond motifs is 1. The van der Waals surface area contributed by atoms with Crippen molar-refractivity contribution in [2.75, 3.05) is 44.8 Å². The summed E-state index contributed by atoms with van der Waals surface area (Å²) < 4.78 is 28.9.